The molecule has 0 saturated carbocycles. The highest BCUT2D eigenvalue weighted by Gasteiger charge is 2.25. The molecule has 0 unspecified atom stereocenters. The van der Waals surface area contributed by atoms with Gasteiger partial charge in [-0.05, 0) is 36.4 Å². The van der Waals surface area contributed by atoms with Crippen LogP contribution in [0.3, 0.4) is 0 Å². The summed E-state index contributed by atoms with van der Waals surface area (Å²) in [6.45, 7) is -3.04. The Kier molecular flexibility index (Phi) is 7.18. The van der Waals surface area contributed by atoms with Gasteiger partial charge in [0.15, 0.2) is 0 Å². The predicted octanol–water partition coefficient (Wildman–Crippen LogP) is 4.03. The highest BCUT2D eigenvalue weighted by Crippen LogP contribution is 2.30. The molecule has 0 aliphatic rings. The number of ether oxygens (including phenoxy) is 1. The average Bonchev–Trinajstić information content (AvgIpc) is 2.63. The first-order chi connectivity index (χ1) is 13.1. The predicted molar refractivity (Wildman–Crippen MR) is 99.4 cm³/mol. The zero-order valence-corrected chi connectivity index (χ0v) is 16.8. The van der Waals surface area contributed by atoms with E-state index >= 15 is 0 Å². The number of rotatable bonds is 7. The third-order valence-electron chi connectivity index (χ3n) is 3.47. The maximum absolute atomic E-state index is 12.4. The molecule has 0 fully saturated rings. The van der Waals surface area contributed by atoms with E-state index in [-0.39, 0.29) is 31.9 Å². The molecule has 28 heavy (non-hydrogen) atoms. The van der Waals surface area contributed by atoms with Crippen LogP contribution in [0.25, 0.3) is 0 Å². The van der Waals surface area contributed by atoms with Gasteiger partial charge in [-0.3, -0.25) is 9.63 Å². The third kappa shape index (κ3) is 5.09. The van der Waals surface area contributed by atoms with E-state index < -0.39 is 22.5 Å². The molecule has 0 heterocycles. The average molecular weight is 455 g/mol. The summed E-state index contributed by atoms with van der Waals surface area (Å²) < 4.78 is 54.1. The molecule has 0 aromatic heterocycles. The number of hydrogen-bond donors (Lipinski definition) is 1. The van der Waals surface area contributed by atoms with Gasteiger partial charge in [-0.1, -0.05) is 27.7 Å². The largest absolute Gasteiger partial charge is 0.433 e. The second kappa shape index (κ2) is 9.01. The van der Waals surface area contributed by atoms with Crippen molar-refractivity contribution >= 4 is 44.8 Å². The van der Waals surface area contributed by atoms with Crippen molar-refractivity contribution in [1.29, 1.82) is 0 Å². The van der Waals surface area contributed by atoms with Gasteiger partial charge in [0, 0.05) is 18.3 Å². The van der Waals surface area contributed by atoms with Crippen LogP contribution in [0.4, 0.5) is 14.5 Å². The van der Waals surface area contributed by atoms with E-state index in [9.17, 15) is 22.0 Å². The number of carbonyl (C=O) groups is 1. The number of nitrogens with one attached hydrogen (secondary N) is 1. The summed E-state index contributed by atoms with van der Waals surface area (Å²) in [4.78, 5) is 16.8. The number of amides is 1. The van der Waals surface area contributed by atoms with E-state index in [2.05, 4.69) is 14.9 Å². The van der Waals surface area contributed by atoms with E-state index in [0.717, 1.165) is 19.2 Å². The van der Waals surface area contributed by atoms with Crippen molar-refractivity contribution in [3.05, 3.63) is 52.0 Å². The van der Waals surface area contributed by atoms with Gasteiger partial charge < -0.3 is 10.1 Å². The van der Waals surface area contributed by atoms with Gasteiger partial charge in [-0.2, -0.15) is 8.78 Å². The summed E-state index contributed by atoms with van der Waals surface area (Å²) in [5.74, 6) is -0.927. The van der Waals surface area contributed by atoms with Crippen molar-refractivity contribution in [2.24, 2.45) is 0 Å². The minimum absolute atomic E-state index is 0.0171. The molecule has 1 N–H and O–H groups in total. The second-order valence-electron chi connectivity index (χ2n) is 5.22. The van der Waals surface area contributed by atoms with Crippen LogP contribution in [-0.2, 0) is 14.9 Å². The normalized spacial score (nSPS) is 11.7. The van der Waals surface area contributed by atoms with Gasteiger partial charge in [0.2, 0.25) is 0 Å². The molecule has 7 nitrogen and oxygen atoms in total. The van der Waals surface area contributed by atoms with Crippen LogP contribution >= 0.6 is 23.2 Å². The Balaban J connectivity index is 2.28. The number of benzene rings is 2. The zero-order chi connectivity index (χ0) is 21.1. The number of hydroxylamine groups is 1. The molecule has 12 heteroatoms. The Morgan fingerprint density at radius 2 is 1.82 bits per heavy atom. The summed E-state index contributed by atoms with van der Waals surface area (Å²) in [5, 5.41) is 2.23. The van der Waals surface area contributed by atoms with Gasteiger partial charge in [0.25, 0.3) is 15.9 Å². The summed E-state index contributed by atoms with van der Waals surface area (Å²) in [7, 11) is -1.75. The highest BCUT2D eigenvalue weighted by atomic mass is 35.5. The molecule has 0 spiro atoms. The van der Waals surface area contributed by atoms with Crippen LogP contribution in [-0.4, -0.2) is 39.6 Å². The van der Waals surface area contributed by atoms with Crippen molar-refractivity contribution in [2.75, 3.05) is 19.5 Å². The molecule has 0 aliphatic heterocycles. The fourth-order valence-corrected chi connectivity index (χ4v) is 3.75. The number of hydrogen-bond acceptors (Lipinski definition) is 5. The molecule has 0 saturated heterocycles. The fourth-order valence-electron chi connectivity index (χ4n) is 2.05. The molecular weight excluding hydrogens is 441 g/mol. The van der Waals surface area contributed by atoms with Crippen molar-refractivity contribution < 1.29 is 31.6 Å². The Morgan fingerprint density at radius 1 is 1.14 bits per heavy atom. The van der Waals surface area contributed by atoms with Crippen LogP contribution in [0.15, 0.2) is 41.3 Å². The number of carbonyl (C=O) groups excluding carboxylic acids is 1. The quantitative estimate of drug-likeness (QED) is 0.638. The number of sulfonamides is 1. The molecule has 2 aromatic carbocycles. The van der Waals surface area contributed by atoms with Crippen molar-refractivity contribution in [1.82, 2.24) is 4.47 Å². The molecular formula is C16H14Cl2F2N2O5S. The molecule has 0 atom stereocenters. The van der Waals surface area contributed by atoms with Gasteiger partial charge in [-0.25, -0.2) is 8.42 Å². The highest BCUT2D eigenvalue weighted by molar-refractivity contribution is 7.89. The molecule has 0 aliphatic carbocycles. The van der Waals surface area contributed by atoms with Crippen molar-refractivity contribution in [3.63, 3.8) is 0 Å². The number of halogens is 4. The van der Waals surface area contributed by atoms with E-state index in [1.165, 1.54) is 31.3 Å². The topological polar surface area (TPSA) is 84.9 Å². The van der Waals surface area contributed by atoms with Crippen LogP contribution in [0.1, 0.15) is 10.4 Å². The lowest BCUT2D eigenvalue weighted by molar-refractivity contribution is -0.0497. The van der Waals surface area contributed by atoms with Crippen molar-refractivity contribution in [2.45, 2.75) is 11.5 Å². The molecule has 0 radical (unpaired) electrons. The number of alkyl halides is 2. The van der Waals surface area contributed by atoms with Gasteiger partial charge in [0.05, 0.1) is 17.2 Å². The fraction of sp³-hybridized carbons (Fsp3) is 0.188. The minimum atomic E-state index is -4.08. The lowest BCUT2D eigenvalue weighted by Gasteiger charge is -2.16. The first-order valence-electron chi connectivity index (χ1n) is 7.44. The maximum Gasteiger partial charge on any atom is 0.387 e. The summed E-state index contributed by atoms with van der Waals surface area (Å²) in [6.07, 6.45) is 0. The minimum Gasteiger partial charge on any atom is -0.433 e. The van der Waals surface area contributed by atoms with Crippen molar-refractivity contribution in [3.8, 4) is 5.75 Å². The third-order valence-corrected chi connectivity index (χ3v) is 5.93. The lowest BCUT2D eigenvalue weighted by Crippen LogP contribution is -2.26. The standard InChI is InChI=1S/C16H14Cl2F2N2O5S/c1-22(26-2)28(24,25)14-7-9(3-5-11(14)17)15(23)21-10-4-6-13(12(18)8-10)27-16(19)20/h3-8,16H,1-2H3,(H,21,23). The van der Waals surface area contributed by atoms with Crippen LogP contribution < -0.4 is 10.1 Å². The van der Waals surface area contributed by atoms with E-state index in [1.807, 2.05) is 0 Å². The molecule has 2 rings (SSSR count). The monoisotopic (exact) mass is 454 g/mol. The first kappa shape index (κ1) is 22.3. The molecule has 1 amide bonds. The summed E-state index contributed by atoms with van der Waals surface area (Å²) in [5.41, 5.74) is 0.168. The molecule has 152 valence electrons. The number of anilines is 1. The van der Waals surface area contributed by atoms with Crippen LogP contribution in [0, 0.1) is 0 Å². The van der Waals surface area contributed by atoms with E-state index in [0.29, 0.717) is 4.47 Å². The Labute approximate surface area is 169 Å². The number of nitrogens with zero attached hydrogens (tertiary/aromatic N) is 1. The van der Waals surface area contributed by atoms with Crippen LogP contribution in [0.5, 0.6) is 5.75 Å². The molecule has 2 aromatic rings. The van der Waals surface area contributed by atoms with Crippen LogP contribution in [0.2, 0.25) is 10.0 Å². The summed E-state index contributed by atoms with van der Waals surface area (Å²) >= 11 is 11.8. The smallest absolute Gasteiger partial charge is 0.387 e. The van der Waals surface area contributed by atoms with E-state index in [1.54, 1.807) is 0 Å². The van der Waals surface area contributed by atoms with Gasteiger partial charge in [0.1, 0.15) is 10.6 Å². The Bertz CT molecular complexity index is 989. The maximum atomic E-state index is 12.4. The summed E-state index contributed by atoms with van der Waals surface area (Å²) in [6, 6.07) is 7.32. The Morgan fingerprint density at radius 3 is 2.39 bits per heavy atom. The van der Waals surface area contributed by atoms with Gasteiger partial charge in [-0.15, -0.1) is 0 Å². The Hall–Kier alpha value is -1.98. The first-order valence-corrected chi connectivity index (χ1v) is 9.64. The SMILES string of the molecule is CON(C)S(=O)(=O)c1cc(C(=O)Nc2ccc(OC(F)F)c(Cl)c2)ccc1Cl. The van der Waals surface area contributed by atoms with E-state index in [4.69, 9.17) is 23.2 Å². The molecule has 0 bridgehead atoms. The zero-order valence-electron chi connectivity index (χ0n) is 14.5. The second-order valence-corrected chi connectivity index (χ2v) is 7.94. The lowest BCUT2D eigenvalue weighted by atomic mass is 10.2. The van der Waals surface area contributed by atoms with Gasteiger partial charge >= 0.3 is 6.61 Å².